The molecule has 0 aromatic heterocycles. The van der Waals surface area contributed by atoms with Crippen molar-refractivity contribution < 1.29 is 8.42 Å². The van der Waals surface area contributed by atoms with Crippen molar-refractivity contribution in [3.8, 4) is 0 Å². The molecule has 0 fully saturated rings. The lowest BCUT2D eigenvalue weighted by atomic mass is 10.1. The minimum atomic E-state index is -3.28. The van der Waals surface area contributed by atoms with Gasteiger partial charge >= 0.3 is 0 Å². The molecule has 0 aliphatic carbocycles. The number of hydrogen-bond donors (Lipinski definition) is 1. The number of alkyl halides is 1. The zero-order chi connectivity index (χ0) is 13.8. The summed E-state index contributed by atoms with van der Waals surface area (Å²) in [6.45, 7) is 5.66. The standard InChI is InChI=1S/C13H20ClNO2S/c1-10-4-6-13(7-5-10)12(3)15-18(16,17)9-11(2)8-14/h4-7,11-12,15H,8-9H2,1-3H3/t11?,12-/m1/s1. The van der Waals surface area contributed by atoms with E-state index in [4.69, 9.17) is 11.6 Å². The molecule has 18 heavy (non-hydrogen) atoms. The molecule has 0 aliphatic heterocycles. The fraction of sp³-hybridized carbons (Fsp3) is 0.538. The molecule has 0 spiro atoms. The van der Waals surface area contributed by atoms with Gasteiger partial charge in [0.15, 0.2) is 0 Å². The molecule has 1 N–H and O–H groups in total. The predicted molar refractivity (Wildman–Crippen MR) is 76.4 cm³/mol. The van der Waals surface area contributed by atoms with Crippen LogP contribution in [0.3, 0.4) is 0 Å². The third-order valence-corrected chi connectivity index (χ3v) is 4.95. The van der Waals surface area contributed by atoms with E-state index in [0.717, 1.165) is 11.1 Å². The molecule has 2 atom stereocenters. The summed E-state index contributed by atoms with van der Waals surface area (Å²) in [5.74, 6) is 0.362. The summed E-state index contributed by atoms with van der Waals surface area (Å²) in [6.07, 6.45) is 0. The molecule has 0 saturated carbocycles. The van der Waals surface area contributed by atoms with Crippen molar-refractivity contribution in [3.05, 3.63) is 35.4 Å². The number of halogens is 1. The first-order valence-electron chi connectivity index (χ1n) is 5.96. The van der Waals surface area contributed by atoms with Gasteiger partial charge in [-0.25, -0.2) is 13.1 Å². The Bertz CT molecular complexity index is 470. The maximum absolute atomic E-state index is 11.9. The maximum atomic E-state index is 11.9. The van der Waals surface area contributed by atoms with Crippen LogP contribution in [0.1, 0.15) is 31.0 Å². The van der Waals surface area contributed by atoms with Crippen molar-refractivity contribution in [2.75, 3.05) is 11.6 Å². The van der Waals surface area contributed by atoms with Gasteiger partial charge in [-0.15, -0.1) is 11.6 Å². The molecule has 0 radical (unpaired) electrons. The molecule has 0 heterocycles. The van der Waals surface area contributed by atoms with Gasteiger partial charge in [-0.3, -0.25) is 0 Å². The third kappa shape index (κ3) is 4.96. The minimum absolute atomic E-state index is 0.0469. The van der Waals surface area contributed by atoms with Crippen LogP contribution in [0, 0.1) is 12.8 Å². The lowest BCUT2D eigenvalue weighted by molar-refractivity contribution is 0.555. The third-order valence-electron chi connectivity index (χ3n) is 2.70. The second kappa shape index (κ2) is 6.55. The van der Waals surface area contributed by atoms with Crippen LogP contribution in [0.4, 0.5) is 0 Å². The molecule has 102 valence electrons. The summed E-state index contributed by atoms with van der Waals surface area (Å²) >= 11 is 5.64. The highest BCUT2D eigenvalue weighted by Gasteiger charge is 2.18. The van der Waals surface area contributed by atoms with Gasteiger partial charge in [-0.2, -0.15) is 0 Å². The van der Waals surface area contributed by atoms with Crippen LogP contribution in [0.25, 0.3) is 0 Å². The van der Waals surface area contributed by atoms with E-state index in [1.54, 1.807) is 0 Å². The Morgan fingerprint density at radius 1 is 1.22 bits per heavy atom. The van der Waals surface area contributed by atoms with E-state index in [9.17, 15) is 8.42 Å². The van der Waals surface area contributed by atoms with Crippen molar-refractivity contribution in [1.82, 2.24) is 4.72 Å². The predicted octanol–water partition coefficient (Wildman–Crippen LogP) is 2.85. The molecule has 5 heteroatoms. The van der Waals surface area contributed by atoms with Crippen LogP contribution in [-0.2, 0) is 10.0 Å². The number of benzene rings is 1. The van der Waals surface area contributed by atoms with E-state index >= 15 is 0 Å². The summed E-state index contributed by atoms with van der Waals surface area (Å²) in [7, 11) is -3.28. The van der Waals surface area contributed by atoms with Gasteiger partial charge in [-0.1, -0.05) is 36.8 Å². The normalized spacial score (nSPS) is 15.3. The molecule has 1 aromatic rings. The Morgan fingerprint density at radius 3 is 2.28 bits per heavy atom. The second-order valence-electron chi connectivity index (χ2n) is 4.79. The van der Waals surface area contributed by atoms with Crippen LogP contribution in [0.15, 0.2) is 24.3 Å². The molecule has 0 saturated heterocycles. The van der Waals surface area contributed by atoms with E-state index in [1.165, 1.54) is 0 Å². The quantitative estimate of drug-likeness (QED) is 0.819. The Kier molecular flexibility index (Phi) is 5.63. The van der Waals surface area contributed by atoms with Gasteiger partial charge in [0.2, 0.25) is 10.0 Å². The lowest BCUT2D eigenvalue weighted by Gasteiger charge is -2.16. The van der Waals surface area contributed by atoms with Crippen LogP contribution in [0.5, 0.6) is 0 Å². The number of hydrogen-bond acceptors (Lipinski definition) is 2. The van der Waals surface area contributed by atoms with Crippen LogP contribution in [0.2, 0.25) is 0 Å². The summed E-state index contributed by atoms with van der Waals surface area (Å²) in [5.41, 5.74) is 2.12. The summed E-state index contributed by atoms with van der Waals surface area (Å²) in [6, 6.07) is 7.60. The Morgan fingerprint density at radius 2 is 1.78 bits per heavy atom. The van der Waals surface area contributed by atoms with Crippen molar-refractivity contribution >= 4 is 21.6 Å². The first kappa shape index (κ1) is 15.5. The van der Waals surface area contributed by atoms with E-state index in [2.05, 4.69) is 4.72 Å². The van der Waals surface area contributed by atoms with Crippen LogP contribution in [-0.4, -0.2) is 20.1 Å². The van der Waals surface area contributed by atoms with Gasteiger partial charge in [0.1, 0.15) is 0 Å². The highest BCUT2D eigenvalue weighted by atomic mass is 35.5. The molecule has 1 aromatic carbocycles. The largest absolute Gasteiger partial charge is 0.212 e. The zero-order valence-electron chi connectivity index (χ0n) is 11.0. The minimum Gasteiger partial charge on any atom is -0.212 e. The lowest BCUT2D eigenvalue weighted by Crippen LogP contribution is -2.31. The highest BCUT2D eigenvalue weighted by Crippen LogP contribution is 2.15. The van der Waals surface area contributed by atoms with E-state index in [1.807, 2.05) is 45.0 Å². The Labute approximate surface area is 115 Å². The second-order valence-corrected chi connectivity index (χ2v) is 6.90. The first-order valence-corrected chi connectivity index (χ1v) is 8.15. The van der Waals surface area contributed by atoms with Gasteiger partial charge in [0, 0.05) is 11.9 Å². The van der Waals surface area contributed by atoms with Gasteiger partial charge in [-0.05, 0) is 25.3 Å². The van der Waals surface area contributed by atoms with Crippen molar-refractivity contribution in [2.45, 2.75) is 26.8 Å². The number of nitrogens with one attached hydrogen (secondary N) is 1. The fourth-order valence-corrected chi connectivity index (χ4v) is 3.54. The fourth-order valence-electron chi connectivity index (χ4n) is 1.66. The highest BCUT2D eigenvalue weighted by molar-refractivity contribution is 7.89. The molecule has 3 nitrogen and oxygen atoms in total. The average molecular weight is 290 g/mol. The number of rotatable bonds is 6. The topological polar surface area (TPSA) is 46.2 Å². The maximum Gasteiger partial charge on any atom is 0.212 e. The Balaban J connectivity index is 2.69. The molecule has 1 unspecified atom stereocenters. The monoisotopic (exact) mass is 289 g/mol. The van der Waals surface area contributed by atoms with E-state index in [0.29, 0.717) is 5.88 Å². The SMILES string of the molecule is Cc1ccc([C@@H](C)NS(=O)(=O)CC(C)CCl)cc1. The summed E-state index contributed by atoms with van der Waals surface area (Å²) in [4.78, 5) is 0. The molecular formula is C13H20ClNO2S. The summed E-state index contributed by atoms with van der Waals surface area (Å²) in [5, 5.41) is 0. The summed E-state index contributed by atoms with van der Waals surface area (Å²) < 4.78 is 26.4. The van der Waals surface area contributed by atoms with Gasteiger partial charge in [0.05, 0.1) is 5.75 Å². The molecule has 1 rings (SSSR count). The van der Waals surface area contributed by atoms with Crippen molar-refractivity contribution in [3.63, 3.8) is 0 Å². The molecule has 0 amide bonds. The molecule has 0 aliphatic rings. The van der Waals surface area contributed by atoms with Gasteiger partial charge in [0.25, 0.3) is 0 Å². The first-order chi connectivity index (χ1) is 8.34. The molecule has 0 bridgehead atoms. The Hall–Kier alpha value is -0.580. The number of sulfonamides is 1. The average Bonchev–Trinajstić information content (AvgIpc) is 2.28. The smallest absolute Gasteiger partial charge is 0.212 e. The van der Waals surface area contributed by atoms with Crippen molar-refractivity contribution in [2.24, 2.45) is 5.92 Å². The van der Waals surface area contributed by atoms with E-state index in [-0.39, 0.29) is 17.7 Å². The van der Waals surface area contributed by atoms with E-state index < -0.39 is 10.0 Å². The van der Waals surface area contributed by atoms with Crippen LogP contribution >= 0.6 is 11.6 Å². The molecular weight excluding hydrogens is 270 g/mol. The van der Waals surface area contributed by atoms with Gasteiger partial charge < -0.3 is 0 Å². The number of aryl methyl sites for hydroxylation is 1. The zero-order valence-corrected chi connectivity index (χ0v) is 12.6. The van der Waals surface area contributed by atoms with Crippen LogP contribution < -0.4 is 4.72 Å². The van der Waals surface area contributed by atoms with Crippen molar-refractivity contribution in [1.29, 1.82) is 0 Å².